The van der Waals surface area contributed by atoms with Gasteiger partial charge in [-0.1, -0.05) is 0 Å². The van der Waals surface area contributed by atoms with Gasteiger partial charge in [0, 0.05) is 23.8 Å². The second-order valence-corrected chi connectivity index (χ2v) is 5.52. The van der Waals surface area contributed by atoms with Gasteiger partial charge in [-0.15, -0.1) is 0 Å². The van der Waals surface area contributed by atoms with E-state index < -0.39 is 0 Å². The van der Waals surface area contributed by atoms with E-state index in [4.69, 9.17) is 10.5 Å². The maximum Gasteiger partial charge on any atom is 0.252 e. The van der Waals surface area contributed by atoms with Crippen molar-refractivity contribution in [1.82, 2.24) is 5.32 Å². The summed E-state index contributed by atoms with van der Waals surface area (Å²) in [6, 6.07) is 5.20. The number of nitrogens with two attached hydrogens (primary N) is 1. The average molecular weight is 313 g/mol. The lowest BCUT2D eigenvalue weighted by atomic mass is 9.80. The van der Waals surface area contributed by atoms with Gasteiger partial charge in [-0.3, -0.25) is 4.79 Å². The maximum atomic E-state index is 12.1. The van der Waals surface area contributed by atoms with Gasteiger partial charge in [0.1, 0.15) is 0 Å². The van der Waals surface area contributed by atoms with Crippen LogP contribution in [0.2, 0.25) is 0 Å². The first kappa shape index (κ1) is 13.4. The van der Waals surface area contributed by atoms with Gasteiger partial charge in [0.25, 0.3) is 5.91 Å². The first-order valence-corrected chi connectivity index (χ1v) is 6.74. The van der Waals surface area contributed by atoms with Crippen molar-refractivity contribution in [3.05, 3.63) is 28.2 Å². The van der Waals surface area contributed by atoms with Gasteiger partial charge in [-0.05, 0) is 53.4 Å². The van der Waals surface area contributed by atoms with Crippen LogP contribution in [0.25, 0.3) is 0 Å². The SMILES string of the molecule is COC1(CNC(=O)c2cc(N)ccc2Br)CCC1. The molecule has 0 heterocycles. The molecular formula is C13H17BrN2O2. The van der Waals surface area contributed by atoms with Crippen LogP contribution in [0.3, 0.4) is 0 Å². The fourth-order valence-electron chi connectivity index (χ4n) is 2.08. The highest BCUT2D eigenvalue weighted by molar-refractivity contribution is 9.10. The topological polar surface area (TPSA) is 64.3 Å². The van der Waals surface area contributed by atoms with E-state index in [0.29, 0.717) is 17.8 Å². The highest BCUT2D eigenvalue weighted by Gasteiger charge is 2.37. The Morgan fingerprint density at radius 1 is 1.56 bits per heavy atom. The Bertz CT molecular complexity index is 453. The van der Waals surface area contributed by atoms with Crippen molar-refractivity contribution in [3.8, 4) is 0 Å². The zero-order chi connectivity index (χ0) is 13.2. The second-order valence-electron chi connectivity index (χ2n) is 4.66. The summed E-state index contributed by atoms with van der Waals surface area (Å²) in [5.74, 6) is -0.127. The Morgan fingerprint density at radius 3 is 2.83 bits per heavy atom. The molecule has 0 aromatic heterocycles. The standard InChI is InChI=1S/C13H17BrN2O2/c1-18-13(5-2-6-13)8-16-12(17)10-7-9(15)3-4-11(10)14/h3-4,7H,2,5-6,8,15H2,1H3,(H,16,17). The summed E-state index contributed by atoms with van der Waals surface area (Å²) in [6.07, 6.45) is 3.16. The highest BCUT2D eigenvalue weighted by atomic mass is 79.9. The summed E-state index contributed by atoms with van der Waals surface area (Å²) >= 11 is 3.35. The molecule has 18 heavy (non-hydrogen) atoms. The third kappa shape index (κ3) is 2.67. The molecule has 1 fully saturated rings. The molecule has 0 unspecified atom stereocenters. The van der Waals surface area contributed by atoms with Gasteiger partial charge >= 0.3 is 0 Å². The minimum absolute atomic E-state index is 0.127. The van der Waals surface area contributed by atoms with Crippen molar-refractivity contribution < 1.29 is 9.53 Å². The van der Waals surface area contributed by atoms with Gasteiger partial charge in [0.2, 0.25) is 0 Å². The van der Waals surface area contributed by atoms with Crippen LogP contribution < -0.4 is 11.1 Å². The van der Waals surface area contributed by atoms with E-state index in [1.807, 2.05) is 0 Å². The van der Waals surface area contributed by atoms with Crippen LogP contribution in [0.15, 0.2) is 22.7 Å². The third-order valence-corrected chi connectivity index (χ3v) is 4.20. The number of benzene rings is 1. The molecule has 1 aromatic carbocycles. The molecule has 98 valence electrons. The fraction of sp³-hybridized carbons (Fsp3) is 0.462. The van der Waals surface area contributed by atoms with Crippen LogP contribution in [-0.4, -0.2) is 25.2 Å². The van der Waals surface area contributed by atoms with Crippen LogP contribution in [0.5, 0.6) is 0 Å². The molecule has 1 amide bonds. The van der Waals surface area contributed by atoms with Crippen molar-refractivity contribution in [2.45, 2.75) is 24.9 Å². The van der Waals surface area contributed by atoms with Gasteiger partial charge in [-0.2, -0.15) is 0 Å². The van der Waals surface area contributed by atoms with Crippen molar-refractivity contribution in [2.24, 2.45) is 0 Å². The first-order valence-electron chi connectivity index (χ1n) is 5.95. The van der Waals surface area contributed by atoms with Crippen LogP contribution in [0, 0.1) is 0 Å². The number of nitrogen functional groups attached to an aromatic ring is 1. The number of anilines is 1. The van der Waals surface area contributed by atoms with Crippen molar-refractivity contribution in [1.29, 1.82) is 0 Å². The molecule has 0 spiro atoms. The van der Waals surface area contributed by atoms with Crippen molar-refractivity contribution in [2.75, 3.05) is 19.4 Å². The van der Waals surface area contributed by atoms with E-state index >= 15 is 0 Å². The number of amides is 1. The molecule has 1 aliphatic rings. The number of halogens is 1. The Balaban J connectivity index is 2.01. The molecule has 2 rings (SSSR count). The number of rotatable bonds is 4. The minimum atomic E-state index is -0.164. The molecule has 0 saturated heterocycles. The van der Waals surface area contributed by atoms with E-state index in [9.17, 15) is 4.79 Å². The quantitative estimate of drug-likeness (QED) is 0.839. The van der Waals surface area contributed by atoms with E-state index in [2.05, 4.69) is 21.2 Å². The van der Waals surface area contributed by atoms with E-state index in [-0.39, 0.29) is 11.5 Å². The summed E-state index contributed by atoms with van der Waals surface area (Å²) in [5.41, 5.74) is 6.65. The number of hydrogen-bond acceptors (Lipinski definition) is 3. The van der Waals surface area contributed by atoms with Crippen LogP contribution in [0.4, 0.5) is 5.69 Å². The Hall–Kier alpha value is -1.07. The molecule has 0 aliphatic heterocycles. The summed E-state index contributed by atoms with van der Waals surface area (Å²) < 4.78 is 6.21. The highest BCUT2D eigenvalue weighted by Crippen LogP contribution is 2.34. The van der Waals surface area contributed by atoms with Crippen LogP contribution in [-0.2, 0) is 4.74 Å². The normalized spacial score (nSPS) is 17.0. The number of nitrogens with one attached hydrogen (secondary N) is 1. The number of hydrogen-bond donors (Lipinski definition) is 2. The Labute approximate surface area is 115 Å². The van der Waals surface area contributed by atoms with Crippen LogP contribution in [0.1, 0.15) is 29.6 Å². The first-order chi connectivity index (χ1) is 8.56. The summed E-state index contributed by atoms with van der Waals surface area (Å²) in [6.45, 7) is 0.545. The summed E-state index contributed by atoms with van der Waals surface area (Å²) in [7, 11) is 1.70. The number of carbonyl (C=O) groups is 1. The lowest BCUT2D eigenvalue weighted by Crippen LogP contribution is -2.49. The lowest BCUT2D eigenvalue weighted by Gasteiger charge is -2.40. The van der Waals surface area contributed by atoms with Gasteiger partial charge in [0.15, 0.2) is 0 Å². The molecule has 0 radical (unpaired) electrons. The number of methoxy groups -OCH3 is 1. The number of carbonyl (C=O) groups excluding carboxylic acids is 1. The van der Waals surface area contributed by atoms with Gasteiger partial charge in [0.05, 0.1) is 11.2 Å². The van der Waals surface area contributed by atoms with Crippen molar-refractivity contribution in [3.63, 3.8) is 0 Å². The van der Waals surface area contributed by atoms with E-state index in [1.165, 1.54) is 0 Å². The van der Waals surface area contributed by atoms with Gasteiger partial charge < -0.3 is 15.8 Å². The fourth-order valence-corrected chi connectivity index (χ4v) is 2.50. The molecule has 1 aromatic rings. The minimum Gasteiger partial charge on any atom is -0.399 e. The molecule has 5 heteroatoms. The monoisotopic (exact) mass is 312 g/mol. The maximum absolute atomic E-state index is 12.1. The van der Waals surface area contributed by atoms with Crippen LogP contribution >= 0.6 is 15.9 Å². The molecule has 0 bridgehead atoms. The predicted molar refractivity (Wildman–Crippen MR) is 74.5 cm³/mol. The Morgan fingerprint density at radius 2 is 2.28 bits per heavy atom. The second kappa shape index (κ2) is 5.28. The third-order valence-electron chi connectivity index (χ3n) is 3.50. The van der Waals surface area contributed by atoms with E-state index in [0.717, 1.165) is 23.7 Å². The molecular weight excluding hydrogens is 296 g/mol. The Kier molecular flexibility index (Phi) is 3.92. The average Bonchev–Trinajstić information content (AvgIpc) is 2.31. The molecule has 1 aliphatic carbocycles. The zero-order valence-electron chi connectivity index (χ0n) is 10.3. The molecule has 0 atom stereocenters. The molecule has 1 saturated carbocycles. The number of ether oxygens (including phenoxy) is 1. The van der Waals surface area contributed by atoms with Gasteiger partial charge in [-0.25, -0.2) is 0 Å². The molecule has 4 nitrogen and oxygen atoms in total. The zero-order valence-corrected chi connectivity index (χ0v) is 11.9. The smallest absolute Gasteiger partial charge is 0.252 e. The van der Waals surface area contributed by atoms with E-state index in [1.54, 1.807) is 25.3 Å². The van der Waals surface area contributed by atoms with Crippen molar-refractivity contribution >= 4 is 27.5 Å². The summed E-state index contributed by atoms with van der Waals surface area (Å²) in [5, 5.41) is 2.91. The molecule has 3 N–H and O–H groups in total. The predicted octanol–water partition coefficient (Wildman–Crippen LogP) is 2.33. The largest absolute Gasteiger partial charge is 0.399 e. The summed E-state index contributed by atoms with van der Waals surface area (Å²) in [4.78, 5) is 12.1. The lowest BCUT2D eigenvalue weighted by molar-refractivity contribution is -0.0679.